The van der Waals surface area contributed by atoms with Crippen molar-refractivity contribution in [1.82, 2.24) is 0 Å². The summed E-state index contributed by atoms with van der Waals surface area (Å²) in [6.07, 6.45) is -1.62. The minimum Gasteiger partial charge on any atom is -0.449 e. The average Bonchev–Trinajstić information content (AvgIpc) is 2.58. The molecule has 2 rings (SSSR count). The molecule has 0 saturated heterocycles. The predicted octanol–water partition coefficient (Wildman–Crippen LogP) is 5.16. The Labute approximate surface area is 171 Å². The zero-order valence-corrected chi connectivity index (χ0v) is 16.0. The lowest BCUT2D eigenvalue weighted by molar-refractivity contribution is -0.396. The average molecular weight is 454 g/mol. The van der Waals surface area contributed by atoms with Gasteiger partial charge in [-0.05, 0) is 11.6 Å². The summed E-state index contributed by atoms with van der Waals surface area (Å²) >= 11 is 22.4. The van der Waals surface area contributed by atoms with Gasteiger partial charge < -0.3 is 4.74 Å². The fourth-order valence-electron chi connectivity index (χ4n) is 2.27. The zero-order valence-electron chi connectivity index (χ0n) is 13.0. The third kappa shape index (κ3) is 4.78. The summed E-state index contributed by atoms with van der Waals surface area (Å²) in [6, 6.07) is 9.53. The first-order chi connectivity index (χ1) is 12.5. The van der Waals surface area contributed by atoms with Crippen molar-refractivity contribution < 1.29 is 19.4 Å². The Balaban J connectivity index is 2.79. The van der Waals surface area contributed by atoms with Crippen LogP contribution < -0.4 is 0 Å². The van der Waals surface area contributed by atoms with Crippen LogP contribution in [-0.2, 0) is 9.53 Å². The molecule has 8 nitrogen and oxygen atoms in total. The van der Waals surface area contributed by atoms with Crippen LogP contribution >= 0.6 is 46.4 Å². The van der Waals surface area contributed by atoms with Crippen molar-refractivity contribution in [2.75, 3.05) is 0 Å². The lowest BCUT2D eigenvalue weighted by Gasteiger charge is -2.21. The molecule has 0 spiro atoms. The van der Waals surface area contributed by atoms with Gasteiger partial charge in [-0.3, -0.25) is 20.2 Å². The van der Waals surface area contributed by atoms with E-state index >= 15 is 0 Å². The number of hydrogen-bond acceptors (Lipinski definition) is 6. The van der Waals surface area contributed by atoms with Crippen molar-refractivity contribution in [3.05, 3.63) is 78.8 Å². The highest BCUT2D eigenvalue weighted by Crippen LogP contribution is 2.44. The number of nitrogens with zero attached hydrogens (tertiary/aromatic N) is 2. The van der Waals surface area contributed by atoms with Crippen LogP contribution in [0.15, 0.2) is 42.5 Å². The van der Waals surface area contributed by atoms with E-state index in [1.807, 2.05) is 0 Å². The topological polar surface area (TPSA) is 113 Å². The van der Waals surface area contributed by atoms with E-state index in [1.54, 1.807) is 6.07 Å². The maximum atomic E-state index is 12.1. The molecule has 1 atom stereocenters. The van der Waals surface area contributed by atoms with Crippen LogP contribution in [0.5, 0.6) is 0 Å². The van der Waals surface area contributed by atoms with Crippen LogP contribution in [-0.4, -0.2) is 19.6 Å². The van der Waals surface area contributed by atoms with E-state index in [4.69, 9.17) is 51.1 Å². The van der Waals surface area contributed by atoms with Gasteiger partial charge in [-0.2, -0.15) is 0 Å². The summed E-state index contributed by atoms with van der Waals surface area (Å²) in [5.41, 5.74) is -1.85. The van der Waals surface area contributed by atoms with Crippen molar-refractivity contribution in [3.8, 4) is 0 Å². The minimum absolute atomic E-state index is 0.175. The van der Waals surface area contributed by atoms with Crippen molar-refractivity contribution in [2.24, 2.45) is 0 Å². The van der Waals surface area contributed by atoms with Crippen LogP contribution in [0, 0.1) is 20.2 Å². The molecular formula is C15H8Cl4N2O6. The Bertz CT molecular complexity index is 901. The van der Waals surface area contributed by atoms with Gasteiger partial charge in [0.05, 0.1) is 9.85 Å². The molecule has 12 heteroatoms. The number of carbonyl (C=O) groups is 1. The maximum Gasteiger partial charge on any atom is 0.359 e. The fourth-order valence-corrected chi connectivity index (χ4v) is 2.64. The van der Waals surface area contributed by atoms with Crippen LogP contribution in [0.3, 0.4) is 0 Å². The van der Waals surface area contributed by atoms with Gasteiger partial charge in [-0.15, -0.1) is 0 Å². The van der Waals surface area contributed by atoms with Gasteiger partial charge >= 0.3 is 11.7 Å². The van der Waals surface area contributed by atoms with E-state index in [0.717, 1.165) is 12.1 Å². The van der Waals surface area contributed by atoms with E-state index in [9.17, 15) is 25.0 Å². The molecule has 2 aromatic rings. The van der Waals surface area contributed by atoms with E-state index in [-0.39, 0.29) is 10.6 Å². The summed E-state index contributed by atoms with van der Waals surface area (Å²) in [4.78, 5) is 33.3. The third-order valence-electron chi connectivity index (χ3n) is 3.34. The molecule has 0 aromatic heterocycles. The molecule has 0 fully saturated rings. The van der Waals surface area contributed by atoms with Gasteiger partial charge in [0.25, 0.3) is 9.48 Å². The molecule has 0 saturated carbocycles. The molecule has 1 unspecified atom stereocenters. The van der Waals surface area contributed by atoms with Gasteiger partial charge in [0.1, 0.15) is 5.02 Å². The van der Waals surface area contributed by atoms with E-state index in [1.165, 1.54) is 24.3 Å². The Kier molecular flexibility index (Phi) is 6.48. The van der Waals surface area contributed by atoms with Crippen molar-refractivity contribution in [3.63, 3.8) is 0 Å². The van der Waals surface area contributed by atoms with Crippen molar-refractivity contribution in [2.45, 2.75) is 9.90 Å². The summed E-state index contributed by atoms with van der Waals surface area (Å²) in [7, 11) is 0. The maximum absolute atomic E-state index is 12.1. The number of rotatable bonds is 5. The molecule has 0 N–H and O–H groups in total. The van der Waals surface area contributed by atoms with Crippen molar-refractivity contribution in [1.29, 1.82) is 0 Å². The molecule has 142 valence electrons. The first-order valence-corrected chi connectivity index (χ1v) is 8.49. The van der Waals surface area contributed by atoms with E-state index in [0.29, 0.717) is 0 Å². The Morgan fingerprint density at radius 2 is 1.59 bits per heavy atom. The Hall–Kier alpha value is -2.13. The number of hydrogen-bond donors (Lipinski definition) is 0. The molecule has 2 aromatic carbocycles. The number of halogens is 4. The summed E-state index contributed by atoms with van der Waals surface area (Å²) in [6.45, 7) is 0. The molecule has 0 aliphatic rings. The van der Waals surface area contributed by atoms with Gasteiger partial charge in [0.2, 0.25) is 0 Å². The monoisotopic (exact) mass is 452 g/mol. The lowest BCUT2D eigenvalue weighted by Crippen LogP contribution is -2.25. The van der Waals surface area contributed by atoms with Gasteiger partial charge in [0.15, 0.2) is 11.7 Å². The Morgan fingerprint density at radius 1 is 1.00 bits per heavy atom. The number of esters is 1. The number of nitro groups is 2. The molecule has 0 amide bonds. The number of nitro benzene ring substituents is 2. The molecule has 0 aliphatic heterocycles. The zero-order chi connectivity index (χ0) is 20.4. The lowest BCUT2D eigenvalue weighted by atomic mass is 9.98. The fraction of sp³-hybridized carbons (Fsp3) is 0.133. The number of alkyl halides is 3. The van der Waals surface area contributed by atoms with Gasteiger partial charge in [0, 0.05) is 6.07 Å². The van der Waals surface area contributed by atoms with Crippen LogP contribution in [0.4, 0.5) is 11.4 Å². The van der Waals surface area contributed by atoms with E-state index in [2.05, 4.69) is 0 Å². The quantitative estimate of drug-likeness (QED) is 0.267. The highest BCUT2D eigenvalue weighted by Gasteiger charge is 2.41. The summed E-state index contributed by atoms with van der Waals surface area (Å²) < 4.78 is 2.62. The molecule has 0 bridgehead atoms. The largest absolute Gasteiger partial charge is 0.449 e. The standard InChI is InChI=1S/C15H8Cl4N2O6/c16-9-6-7-10(20(23)24)11(12(9)21(25)26)13(8-4-2-1-3-5-8)27-14(22)15(17,18)19/h1-7,13H. The predicted molar refractivity (Wildman–Crippen MR) is 99.4 cm³/mol. The van der Waals surface area contributed by atoms with Crippen LogP contribution in [0.25, 0.3) is 0 Å². The molecular weight excluding hydrogens is 446 g/mol. The first kappa shape index (κ1) is 21.2. The van der Waals surface area contributed by atoms with Crippen molar-refractivity contribution >= 4 is 63.7 Å². The number of carbonyl (C=O) groups excluding carboxylic acids is 1. The number of ether oxygens (including phenoxy) is 1. The second-order valence-electron chi connectivity index (χ2n) is 5.04. The van der Waals surface area contributed by atoms with Crippen LogP contribution in [0.1, 0.15) is 17.2 Å². The third-order valence-corrected chi connectivity index (χ3v) is 4.11. The summed E-state index contributed by atoms with van der Waals surface area (Å²) in [5.74, 6) is -1.37. The second kappa shape index (κ2) is 8.26. The first-order valence-electron chi connectivity index (χ1n) is 6.98. The highest BCUT2D eigenvalue weighted by atomic mass is 35.6. The van der Waals surface area contributed by atoms with Gasteiger partial charge in [-0.1, -0.05) is 76.7 Å². The highest BCUT2D eigenvalue weighted by molar-refractivity contribution is 6.75. The smallest absolute Gasteiger partial charge is 0.359 e. The molecule has 27 heavy (non-hydrogen) atoms. The molecule has 0 radical (unpaired) electrons. The Morgan fingerprint density at radius 3 is 2.07 bits per heavy atom. The summed E-state index contributed by atoms with van der Waals surface area (Å²) in [5, 5.41) is 22.6. The number of benzene rings is 2. The minimum atomic E-state index is -2.50. The van der Waals surface area contributed by atoms with E-state index < -0.39 is 42.7 Å². The SMILES string of the molecule is O=C(OC(c1ccccc1)c1c([N+](=O)[O-])ccc(Cl)c1[N+](=O)[O-])C(Cl)(Cl)Cl. The molecule has 0 aliphatic carbocycles. The second-order valence-corrected chi connectivity index (χ2v) is 7.73. The van der Waals surface area contributed by atoms with Gasteiger partial charge in [-0.25, -0.2) is 4.79 Å². The molecule has 0 heterocycles. The van der Waals surface area contributed by atoms with Crippen LogP contribution in [0.2, 0.25) is 5.02 Å². The normalized spacial score (nSPS) is 12.3.